The topological polar surface area (TPSA) is 27.0 Å². The fourth-order valence-electron chi connectivity index (χ4n) is 0.141. The maximum Gasteiger partial charge on any atom is 0.330 e. The van der Waals surface area contributed by atoms with Crippen molar-refractivity contribution < 1.29 is 0 Å². The zero-order valence-electron chi connectivity index (χ0n) is 4.10. The van der Waals surface area contributed by atoms with Crippen molar-refractivity contribution in [3.63, 3.8) is 0 Å². The molecule has 0 aromatic rings. The van der Waals surface area contributed by atoms with Crippen LogP contribution in [0.2, 0.25) is 0 Å². The second-order valence-corrected chi connectivity index (χ2v) is 1.40. The fourth-order valence-corrected chi connectivity index (χ4v) is 0.141. The molecule has 0 saturated carbocycles. The zero-order valence-corrected chi connectivity index (χ0v) is 4.10. The van der Waals surface area contributed by atoms with Gasteiger partial charge in [0, 0.05) is 5.97 Å². The molecule has 0 radical (unpaired) electrons. The Morgan fingerprint density at radius 1 is 1.67 bits per heavy atom. The van der Waals surface area contributed by atoms with Crippen LogP contribution in [0.15, 0.2) is 0 Å². The minimum Gasteiger partial charge on any atom is -0.338 e. The molecule has 3 heteroatoms. The predicted octanol–water partition coefficient (Wildman–Crippen LogP) is -0.619. The summed E-state index contributed by atoms with van der Waals surface area (Å²) in [6.07, 6.45) is 0. The zero-order chi connectivity index (χ0) is 4.99. The van der Waals surface area contributed by atoms with Crippen molar-refractivity contribution in [3.05, 3.63) is 0 Å². The predicted molar refractivity (Wildman–Crippen MR) is 26.4 cm³/mol. The van der Waals surface area contributed by atoms with Crippen LogP contribution in [0.3, 0.4) is 0 Å². The van der Waals surface area contributed by atoms with Gasteiger partial charge in [0.25, 0.3) is 0 Å². The smallest absolute Gasteiger partial charge is 0.330 e. The van der Waals surface area contributed by atoms with Gasteiger partial charge in [0.15, 0.2) is 0 Å². The van der Waals surface area contributed by atoms with Crippen LogP contribution >= 0.6 is 0 Å². The summed E-state index contributed by atoms with van der Waals surface area (Å²) in [7, 11) is 4.24. The number of nitrogens with zero attached hydrogens (tertiary/aromatic N) is 2. The molecule has 0 aliphatic heterocycles. The summed E-state index contributed by atoms with van der Waals surface area (Å²) in [5, 5.41) is 7.94. The highest BCUT2D eigenvalue weighted by atomic mass is 15.0. The van der Waals surface area contributed by atoms with Gasteiger partial charge in [-0.25, -0.2) is 5.26 Å². The number of hydrogen-bond acceptors (Lipinski definition) is 2. The fraction of sp³-hybridized carbons (Fsp3) is 0.667. The summed E-state index contributed by atoms with van der Waals surface area (Å²) < 4.78 is 0. The third-order valence-corrected chi connectivity index (χ3v) is 0.387. The quantitative estimate of drug-likeness (QED) is 0.394. The summed E-state index contributed by atoms with van der Waals surface area (Å²) in [6.45, 7) is 0. The van der Waals surface area contributed by atoms with Gasteiger partial charge in [0.05, 0.1) is 0 Å². The van der Waals surface area contributed by atoms with E-state index in [0.717, 1.165) is 0 Å². The minimum absolute atomic E-state index is 0.514. The largest absolute Gasteiger partial charge is 0.338 e. The van der Waals surface area contributed by atoms with E-state index < -0.39 is 0 Å². The molecule has 0 saturated heterocycles. The third-order valence-electron chi connectivity index (χ3n) is 0.387. The van der Waals surface area contributed by atoms with Crippen molar-refractivity contribution in [2.75, 3.05) is 14.1 Å². The number of hydrogen-bond donors (Lipinski definition) is 0. The lowest BCUT2D eigenvalue weighted by molar-refractivity contribution is 0.669. The Labute approximate surface area is 38.6 Å². The molecular formula is C3H7BN2. The highest BCUT2D eigenvalue weighted by Crippen LogP contribution is 1.60. The van der Waals surface area contributed by atoms with Crippen molar-refractivity contribution in [3.8, 4) is 5.97 Å². The molecule has 0 unspecified atom stereocenters. The molecule has 0 aliphatic carbocycles. The average Bonchev–Trinajstić information content (AvgIpc) is 1.35. The Balaban J connectivity index is 2.88. The van der Waals surface area contributed by atoms with Gasteiger partial charge in [-0.3, -0.25) is 0 Å². The molecule has 0 aromatic carbocycles. The van der Waals surface area contributed by atoms with Crippen LogP contribution in [-0.4, -0.2) is 26.3 Å². The lowest BCUT2D eigenvalue weighted by Crippen LogP contribution is -2.14. The van der Waals surface area contributed by atoms with E-state index in [1.165, 1.54) is 0 Å². The molecule has 0 fully saturated rings. The molecule has 0 N–H and O–H groups in total. The second kappa shape index (κ2) is 2.74. The van der Waals surface area contributed by atoms with Gasteiger partial charge >= 0.3 is 7.41 Å². The molecule has 0 spiro atoms. The van der Waals surface area contributed by atoms with Gasteiger partial charge in [0.1, 0.15) is 0 Å². The van der Waals surface area contributed by atoms with Crippen LogP contribution in [0.5, 0.6) is 0 Å². The Bertz CT molecular complexity index is 63.7. The minimum atomic E-state index is 0.514. The Morgan fingerprint density at radius 3 is 2.17 bits per heavy atom. The molecule has 32 valence electrons. The van der Waals surface area contributed by atoms with Crippen molar-refractivity contribution >= 4 is 7.41 Å². The van der Waals surface area contributed by atoms with E-state index in [4.69, 9.17) is 5.26 Å². The Morgan fingerprint density at radius 2 is 2.17 bits per heavy atom. The maximum atomic E-state index is 7.94. The molecular weight excluding hydrogens is 74.9 g/mol. The van der Waals surface area contributed by atoms with Gasteiger partial charge in [-0.2, -0.15) is 0 Å². The normalized spacial score (nSPS) is 7.67. The molecule has 0 heterocycles. The SMILES string of the molecule is CN(C)BC#N. The van der Waals surface area contributed by atoms with Crippen LogP contribution in [0, 0.1) is 11.2 Å². The van der Waals surface area contributed by atoms with E-state index in [1.807, 2.05) is 24.9 Å². The van der Waals surface area contributed by atoms with Crippen molar-refractivity contribution in [2.24, 2.45) is 0 Å². The summed E-state index contributed by atoms with van der Waals surface area (Å²) in [6, 6.07) is 0. The monoisotopic (exact) mass is 82.1 g/mol. The Kier molecular flexibility index (Phi) is 2.52. The lowest BCUT2D eigenvalue weighted by atomic mass is 9.97. The standard InChI is InChI=1S/C3H7BN2/c1-6(2)4-3-5/h4H,1-2H3. The Hall–Kier alpha value is -0.485. The molecule has 0 amide bonds. The second-order valence-electron chi connectivity index (χ2n) is 1.40. The van der Waals surface area contributed by atoms with Gasteiger partial charge < -0.3 is 4.81 Å². The molecule has 0 atom stereocenters. The molecule has 0 aliphatic rings. The van der Waals surface area contributed by atoms with E-state index in [9.17, 15) is 0 Å². The van der Waals surface area contributed by atoms with Gasteiger partial charge in [-0.15, -0.1) is 0 Å². The van der Waals surface area contributed by atoms with E-state index in [-0.39, 0.29) is 0 Å². The van der Waals surface area contributed by atoms with Crippen LogP contribution in [-0.2, 0) is 0 Å². The first-order valence-electron chi connectivity index (χ1n) is 1.79. The van der Waals surface area contributed by atoms with Crippen molar-refractivity contribution in [1.82, 2.24) is 4.81 Å². The maximum absolute atomic E-state index is 7.94. The van der Waals surface area contributed by atoms with Gasteiger partial charge in [-0.1, -0.05) is 0 Å². The molecule has 2 nitrogen and oxygen atoms in total. The summed E-state index contributed by atoms with van der Waals surface area (Å²) >= 11 is 0. The first-order chi connectivity index (χ1) is 2.77. The molecule has 6 heavy (non-hydrogen) atoms. The first kappa shape index (κ1) is 5.51. The van der Waals surface area contributed by atoms with Crippen LogP contribution in [0.1, 0.15) is 0 Å². The van der Waals surface area contributed by atoms with Crippen molar-refractivity contribution in [1.29, 1.82) is 5.26 Å². The number of rotatable bonds is 1. The first-order valence-corrected chi connectivity index (χ1v) is 1.79. The van der Waals surface area contributed by atoms with Crippen LogP contribution in [0.25, 0.3) is 0 Å². The highest BCUT2D eigenvalue weighted by Gasteiger charge is 1.84. The van der Waals surface area contributed by atoms with Gasteiger partial charge in [-0.05, 0) is 14.1 Å². The lowest BCUT2D eigenvalue weighted by Gasteiger charge is -1.95. The molecule has 0 bridgehead atoms. The van der Waals surface area contributed by atoms with E-state index in [2.05, 4.69) is 0 Å². The summed E-state index contributed by atoms with van der Waals surface area (Å²) in [5.74, 6) is 1.99. The number of nitriles is 1. The van der Waals surface area contributed by atoms with E-state index in [0.29, 0.717) is 7.41 Å². The van der Waals surface area contributed by atoms with Crippen LogP contribution in [0.4, 0.5) is 0 Å². The van der Waals surface area contributed by atoms with Crippen LogP contribution < -0.4 is 0 Å². The van der Waals surface area contributed by atoms with E-state index in [1.54, 1.807) is 0 Å². The third kappa shape index (κ3) is 3.51. The highest BCUT2D eigenvalue weighted by molar-refractivity contribution is 6.41. The molecule has 0 aromatic heterocycles. The average molecular weight is 81.9 g/mol. The summed E-state index contributed by atoms with van der Waals surface area (Å²) in [4.78, 5) is 1.82. The van der Waals surface area contributed by atoms with Crippen molar-refractivity contribution in [2.45, 2.75) is 0 Å². The van der Waals surface area contributed by atoms with E-state index >= 15 is 0 Å². The molecule has 0 rings (SSSR count). The summed E-state index contributed by atoms with van der Waals surface area (Å²) in [5.41, 5.74) is 0. The van der Waals surface area contributed by atoms with Gasteiger partial charge in [0.2, 0.25) is 0 Å².